The number of aliphatic hydroxyl groups is 1. The highest BCUT2D eigenvalue weighted by molar-refractivity contribution is 7.22. The molecule has 0 bridgehead atoms. The summed E-state index contributed by atoms with van der Waals surface area (Å²) >= 11 is 1.66. The minimum Gasteiger partial charge on any atom is -0.395 e. The summed E-state index contributed by atoms with van der Waals surface area (Å²) in [6, 6.07) is 20.6. The molecule has 4 nitrogen and oxygen atoms in total. The molecular weight excluding hydrogens is 342 g/mol. The first kappa shape index (κ1) is 16.7. The molecule has 2 aromatic heterocycles. The maximum absolute atomic E-state index is 9.47. The van der Waals surface area contributed by atoms with Gasteiger partial charge in [-0.1, -0.05) is 47.7 Å². The van der Waals surface area contributed by atoms with Crippen LogP contribution in [-0.2, 0) is 6.54 Å². The molecule has 26 heavy (non-hydrogen) atoms. The highest BCUT2D eigenvalue weighted by Gasteiger charge is 2.13. The van der Waals surface area contributed by atoms with Gasteiger partial charge in [-0.25, -0.2) is 4.98 Å². The lowest BCUT2D eigenvalue weighted by molar-refractivity contribution is 0.301. The van der Waals surface area contributed by atoms with Crippen LogP contribution in [0, 0.1) is 0 Å². The Kier molecular flexibility index (Phi) is 4.91. The van der Waals surface area contributed by atoms with Crippen molar-refractivity contribution in [2.75, 3.05) is 18.1 Å². The molecule has 0 aliphatic heterocycles. The standard InChI is InChI=1S/C21H19N3OS/c25-13-12-24(15-16-4-2-1-3-5-16)21-23-19-7-6-18(14-20(19)26-21)17-8-10-22-11-9-17/h1-11,14,25H,12-13,15H2. The molecule has 0 aliphatic rings. The van der Waals surface area contributed by atoms with Crippen molar-refractivity contribution in [3.8, 4) is 11.1 Å². The first-order valence-electron chi connectivity index (χ1n) is 8.54. The molecule has 4 aromatic rings. The van der Waals surface area contributed by atoms with E-state index in [0.717, 1.165) is 33.0 Å². The summed E-state index contributed by atoms with van der Waals surface area (Å²) in [7, 11) is 0. The number of benzene rings is 2. The minimum absolute atomic E-state index is 0.102. The van der Waals surface area contributed by atoms with E-state index < -0.39 is 0 Å². The van der Waals surface area contributed by atoms with Gasteiger partial charge in [0.2, 0.25) is 0 Å². The first-order valence-corrected chi connectivity index (χ1v) is 9.36. The predicted octanol–water partition coefficient (Wildman–Crippen LogP) is 4.36. The Hall–Kier alpha value is -2.76. The summed E-state index contributed by atoms with van der Waals surface area (Å²) < 4.78 is 1.14. The number of aromatic nitrogens is 2. The van der Waals surface area contributed by atoms with Gasteiger partial charge in [0, 0.05) is 25.5 Å². The second-order valence-corrected chi connectivity index (χ2v) is 7.05. The van der Waals surface area contributed by atoms with Crippen LogP contribution in [0.1, 0.15) is 5.56 Å². The average molecular weight is 361 g/mol. The van der Waals surface area contributed by atoms with Crippen molar-refractivity contribution in [3.63, 3.8) is 0 Å². The maximum Gasteiger partial charge on any atom is 0.186 e. The van der Waals surface area contributed by atoms with Crippen molar-refractivity contribution in [3.05, 3.63) is 78.6 Å². The molecule has 0 aliphatic carbocycles. The fourth-order valence-corrected chi connectivity index (χ4v) is 3.97. The Morgan fingerprint density at radius 3 is 2.50 bits per heavy atom. The lowest BCUT2D eigenvalue weighted by Gasteiger charge is -2.20. The van der Waals surface area contributed by atoms with Crippen molar-refractivity contribution in [1.82, 2.24) is 9.97 Å². The Bertz CT molecular complexity index is 986. The fraction of sp³-hybridized carbons (Fsp3) is 0.143. The molecule has 1 N–H and O–H groups in total. The fourth-order valence-electron chi connectivity index (χ4n) is 2.94. The molecule has 0 saturated heterocycles. The molecule has 0 saturated carbocycles. The van der Waals surface area contributed by atoms with Crippen molar-refractivity contribution >= 4 is 26.7 Å². The maximum atomic E-state index is 9.47. The van der Waals surface area contributed by atoms with Gasteiger partial charge in [-0.05, 0) is 41.0 Å². The third-order valence-corrected chi connectivity index (χ3v) is 5.33. The van der Waals surface area contributed by atoms with Crippen LogP contribution in [0.3, 0.4) is 0 Å². The molecule has 2 heterocycles. The summed E-state index contributed by atoms with van der Waals surface area (Å²) in [6.45, 7) is 1.40. The van der Waals surface area contributed by atoms with Gasteiger partial charge in [-0.3, -0.25) is 4.98 Å². The zero-order chi connectivity index (χ0) is 17.8. The Morgan fingerprint density at radius 1 is 0.923 bits per heavy atom. The molecule has 0 atom stereocenters. The van der Waals surface area contributed by atoms with Gasteiger partial charge in [-0.2, -0.15) is 0 Å². The Balaban J connectivity index is 1.66. The van der Waals surface area contributed by atoms with E-state index in [1.807, 2.05) is 30.3 Å². The first-order chi connectivity index (χ1) is 12.8. The third kappa shape index (κ3) is 3.59. The SMILES string of the molecule is OCCN(Cc1ccccc1)c1nc2ccc(-c3ccncc3)cc2s1. The zero-order valence-electron chi connectivity index (χ0n) is 14.2. The molecule has 0 spiro atoms. The molecule has 2 aromatic carbocycles. The molecule has 130 valence electrons. The molecule has 0 radical (unpaired) electrons. The molecular formula is C21H19N3OS. The van der Waals surface area contributed by atoms with E-state index in [9.17, 15) is 5.11 Å². The summed E-state index contributed by atoms with van der Waals surface area (Å²) in [5.74, 6) is 0. The normalized spacial score (nSPS) is 11.0. The van der Waals surface area contributed by atoms with Crippen molar-refractivity contribution in [2.45, 2.75) is 6.54 Å². The molecule has 5 heteroatoms. The highest BCUT2D eigenvalue weighted by Crippen LogP contribution is 2.32. The average Bonchev–Trinajstić information content (AvgIpc) is 3.12. The summed E-state index contributed by atoms with van der Waals surface area (Å²) in [5.41, 5.74) is 4.50. The van der Waals surface area contributed by atoms with E-state index in [0.29, 0.717) is 6.54 Å². The monoisotopic (exact) mass is 361 g/mol. The second kappa shape index (κ2) is 7.64. The van der Waals surface area contributed by atoms with Gasteiger partial charge < -0.3 is 10.0 Å². The minimum atomic E-state index is 0.102. The van der Waals surface area contributed by atoms with Gasteiger partial charge in [0.25, 0.3) is 0 Å². The van der Waals surface area contributed by atoms with Crippen LogP contribution in [-0.4, -0.2) is 28.2 Å². The quantitative estimate of drug-likeness (QED) is 0.554. The van der Waals surface area contributed by atoms with E-state index in [2.05, 4.69) is 40.2 Å². The van der Waals surface area contributed by atoms with E-state index in [1.54, 1.807) is 23.7 Å². The van der Waals surface area contributed by atoms with Gasteiger partial charge >= 0.3 is 0 Å². The number of fused-ring (bicyclic) bond motifs is 1. The number of aliphatic hydroxyl groups excluding tert-OH is 1. The third-order valence-electron chi connectivity index (χ3n) is 4.25. The van der Waals surface area contributed by atoms with E-state index in [1.165, 1.54) is 5.56 Å². The molecule has 0 fully saturated rings. The molecule has 4 rings (SSSR count). The number of pyridine rings is 1. The zero-order valence-corrected chi connectivity index (χ0v) is 15.1. The second-order valence-electron chi connectivity index (χ2n) is 6.05. The van der Waals surface area contributed by atoms with Crippen molar-refractivity contribution in [2.24, 2.45) is 0 Å². The Morgan fingerprint density at radius 2 is 1.73 bits per heavy atom. The van der Waals surface area contributed by atoms with Crippen LogP contribution in [0.25, 0.3) is 21.3 Å². The van der Waals surface area contributed by atoms with Crippen molar-refractivity contribution < 1.29 is 5.11 Å². The van der Waals surface area contributed by atoms with Crippen LogP contribution in [0.5, 0.6) is 0 Å². The summed E-state index contributed by atoms with van der Waals surface area (Å²) in [4.78, 5) is 11.0. The van der Waals surface area contributed by atoms with Gasteiger partial charge in [0.05, 0.1) is 16.8 Å². The smallest absolute Gasteiger partial charge is 0.186 e. The van der Waals surface area contributed by atoms with Gasteiger partial charge in [-0.15, -0.1) is 0 Å². The van der Waals surface area contributed by atoms with Crippen molar-refractivity contribution in [1.29, 1.82) is 0 Å². The number of nitrogens with zero attached hydrogens (tertiary/aromatic N) is 3. The predicted molar refractivity (Wildman–Crippen MR) is 107 cm³/mol. The van der Waals surface area contributed by atoms with Crippen LogP contribution >= 0.6 is 11.3 Å². The summed E-state index contributed by atoms with van der Waals surface area (Å²) in [6.07, 6.45) is 3.61. The summed E-state index contributed by atoms with van der Waals surface area (Å²) in [5, 5.41) is 10.4. The van der Waals surface area contributed by atoms with E-state index in [4.69, 9.17) is 4.98 Å². The highest BCUT2D eigenvalue weighted by atomic mass is 32.1. The Labute approximate surface area is 156 Å². The van der Waals surface area contributed by atoms with Crippen LogP contribution in [0.15, 0.2) is 73.1 Å². The van der Waals surface area contributed by atoms with Crippen LogP contribution in [0.4, 0.5) is 5.13 Å². The molecule has 0 unspecified atom stereocenters. The topological polar surface area (TPSA) is 49.2 Å². The van der Waals surface area contributed by atoms with E-state index in [-0.39, 0.29) is 6.61 Å². The van der Waals surface area contributed by atoms with Crippen LogP contribution < -0.4 is 4.90 Å². The lowest BCUT2D eigenvalue weighted by atomic mass is 10.1. The van der Waals surface area contributed by atoms with Crippen LogP contribution in [0.2, 0.25) is 0 Å². The van der Waals surface area contributed by atoms with Gasteiger partial charge in [0.1, 0.15) is 0 Å². The number of rotatable bonds is 6. The molecule has 0 amide bonds. The number of anilines is 1. The van der Waals surface area contributed by atoms with E-state index >= 15 is 0 Å². The largest absolute Gasteiger partial charge is 0.395 e. The number of hydrogen-bond acceptors (Lipinski definition) is 5. The number of hydrogen-bond donors (Lipinski definition) is 1. The number of thiazole rings is 1. The van der Waals surface area contributed by atoms with Gasteiger partial charge in [0.15, 0.2) is 5.13 Å². The lowest BCUT2D eigenvalue weighted by Crippen LogP contribution is -2.25.